The summed E-state index contributed by atoms with van der Waals surface area (Å²) in [5.74, 6) is -0.388. The van der Waals surface area contributed by atoms with E-state index in [1.165, 1.54) is 18.3 Å². The molecule has 0 saturated heterocycles. The Morgan fingerprint density at radius 1 is 1.53 bits per heavy atom. The second-order valence-corrected chi connectivity index (χ2v) is 3.95. The van der Waals surface area contributed by atoms with Gasteiger partial charge < -0.3 is 21.1 Å². The van der Waals surface area contributed by atoms with Crippen molar-refractivity contribution in [3.8, 4) is 0 Å². The average Bonchev–Trinajstić information content (AvgIpc) is 2.38. The molecule has 0 aliphatic heterocycles. The summed E-state index contributed by atoms with van der Waals surface area (Å²) in [5, 5.41) is 5.21. The lowest BCUT2D eigenvalue weighted by Gasteiger charge is -2.14. The van der Waals surface area contributed by atoms with E-state index < -0.39 is 6.04 Å². The number of nitrogens with one attached hydrogen (secondary N) is 2. The summed E-state index contributed by atoms with van der Waals surface area (Å²) in [6, 6.07) is 2.34. The highest BCUT2D eigenvalue weighted by Crippen LogP contribution is 2.03. The fourth-order valence-electron chi connectivity index (χ4n) is 1.36. The van der Waals surface area contributed by atoms with E-state index in [4.69, 9.17) is 10.5 Å². The molecule has 1 unspecified atom stereocenters. The molecule has 0 aliphatic rings. The van der Waals surface area contributed by atoms with Gasteiger partial charge in [0, 0.05) is 25.4 Å². The minimum atomic E-state index is -0.640. The third-order valence-electron chi connectivity index (χ3n) is 2.39. The third kappa shape index (κ3) is 4.92. The monoisotopic (exact) mass is 266 g/mol. The van der Waals surface area contributed by atoms with E-state index in [-0.39, 0.29) is 17.6 Å². The van der Waals surface area contributed by atoms with Crippen molar-refractivity contribution in [2.75, 3.05) is 26.0 Å². The van der Waals surface area contributed by atoms with Gasteiger partial charge in [0.15, 0.2) is 0 Å². The van der Waals surface area contributed by atoms with Gasteiger partial charge in [-0.05, 0) is 19.1 Å². The van der Waals surface area contributed by atoms with E-state index in [0.29, 0.717) is 18.7 Å². The number of methoxy groups -OCH3 is 1. The molecule has 0 radical (unpaired) electrons. The van der Waals surface area contributed by atoms with Gasteiger partial charge in [-0.25, -0.2) is 4.98 Å². The first kappa shape index (κ1) is 14.9. The van der Waals surface area contributed by atoms with Crippen LogP contribution in [-0.2, 0) is 9.53 Å². The van der Waals surface area contributed by atoms with Gasteiger partial charge in [-0.15, -0.1) is 0 Å². The van der Waals surface area contributed by atoms with Crippen LogP contribution < -0.4 is 16.4 Å². The number of nitrogens with zero attached hydrogens (tertiary/aromatic N) is 1. The number of carbonyl (C=O) groups excluding carboxylic acids is 2. The molecule has 104 valence electrons. The predicted molar refractivity (Wildman–Crippen MR) is 70.5 cm³/mol. The Morgan fingerprint density at radius 3 is 2.89 bits per heavy atom. The standard InChI is InChI=1S/C12H18N4O3/c1-8(11(17)15-5-6-19-2)16-12(18)9-3-4-14-10(13)7-9/h3-4,7-8H,5-6H2,1-2H3,(H2,13,14)(H,15,17)(H,16,18). The molecule has 0 aliphatic carbocycles. The van der Waals surface area contributed by atoms with Crippen LogP contribution in [0.1, 0.15) is 17.3 Å². The Bertz CT molecular complexity index is 450. The van der Waals surface area contributed by atoms with Crippen molar-refractivity contribution in [3.05, 3.63) is 23.9 Å². The number of rotatable bonds is 6. The number of ether oxygens (including phenoxy) is 1. The Morgan fingerprint density at radius 2 is 2.26 bits per heavy atom. The number of aromatic nitrogens is 1. The Labute approximate surface area is 111 Å². The molecule has 1 aromatic rings. The van der Waals surface area contributed by atoms with Gasteiger partial charge in [-0.3, -0.25) is 9.59 Å². The summed E-state index contributed by atoms with van der Waals surface area (Å²) < 4.78 is 4.81. The summed E-state index contributed by atoms with van der Waals surface area (Å²) in [4.78, 5) is 27.3. The third-order valence-corrected chi connectivity index (χ3v) is 2.39. The van der Waals surface area contributed by atoms with Gasteiger partial charge in [0.05, 0.1) is 6.61 Å². The number of carbonyl (C=O) groups is 2. The topological polar surface area (TPSA) is 106 Å². The second-order valence-electron chi connectivity index (χ2n) is 3.95. The number of hydrogen-bond acceptors (Lipinski definition) is 5. The summed E-state index contributed by atoms with van der Waals surface area (Å²) in [7, 11) is 1.55. The number of anilines is 1. The number of nitrogen functional groups attached to an aromatic ring is 1. The van der Waals surface area contributed by atoms with Crippen molar-refractivity contribution >= 4 is 17.6 Å². The lowest BCUT2D eigenvalue weighted by molar-refractivity contribution is -0.122. The van der Waals surface area contributed by atoms with Gasteiger partial charge in [0.1, 0.15) is 11.9 Å². The molecule has 19 heavy (non-hydrogen) atoms. The first-order chi connectivity index (χ1) is 9.04. The molecule has 0 fully saturated rings. The highest BCUT2D eigenvalue weighted by Gasteiger charge is 2.16. The highest BCUT2D eigenvalue weighted by atomic mass is 16.5. The smallest absolute Gasteiger partial charge is 0.252 e. The van der Waals surface area contributed by atoms with Crippen LogP contribution in [0.25, 0.3) is 0 Å². The molecular formula is C12H18N4O3. The molecule has 0 saturated carbocycles. The van der Waals surface area contributed by atoms with Crippen LogP contribution in [0.4, 0.5) is 5.82 Å². The van der Waals surface area contributed by atoms with E-state index in [1.54, 1.807) is 14.0 Å². The van der Waals surface area contributed by atoms with Crippen molar-refractivity contribution in [3.63, 3.8) is 0 Å². The molecule has 7 heteroatoms. The van der Waals surface area contributed by atoms with E-state index >= 15 is 0 Å². The zero-order chi connectivity index (χ0) is 14.3. The summed E-state index contributed by atoms with van der Waals surface area (Å²) in [5.41, 5.74) is 5.85. The SMILES string of the molecule is COCCNC(=O)C(C)NC(=O)c1ccnc(N)c1. The molecule has 1 heterocycles. The lowest BCUT2D eigenvalue weighted by Crippen LogP contribution is -2.45. The van der Waals surface area contributed by atoms with Crippen LogP contribution in [0, 0.1) is 0 Å². The Hall–Kier alpha value is -2.15. The first-order valence-electron chi connectivity index (χ1n) is 5.83. The van der Waals surface area contributed by atoms with Gasteiger partial charge >= 0.3 is 0 Å². The lowest BCUT2D eigenvalue weighted by atomic mass is 10.2. The van der Waals surface area contributed by atoms with Crippen LogP contribution in [0.5, 0.6) is 0 Å². The molecular weight excluding hydrogens is 248 g/mol. The molecule has 0 spiro atoms. The van der Waals surface area contributed by atoms with Gasteiger partial charge in [-0.1, -0.05) is 0 Å². The normalized spacial score (nSPS) is 11.7. The van der Waals surface area contributed by atoms with Crippen LogP contribution in [0.2, 0.25) is 0 Å². The quantitative estimate of drug-likeness (QED) is 0.604. The zero-order valence-corrected chi connectivity index (χ0v) is 11.0. The second kappa shape index (κ2) is 7.32. The molecule has 1 rings (SSSR count). The number of amides is 2. The fraction of sp³-hybridized carbons (Fsp3) is 0.417. The van der Waals surface area contributed by atoms with Crippen LogP contribution in [-0.4, -0.2) is 43.1 Å². The fourth-order valence-corrected chi connectivity index (χ4v) is 1.36. The van der Waals surface area contributed by atoms with E-state index in [2.05, 4.69) is 15.6 Å². The van der Waals surface area contributed by atoms with Crippen LogP contribution >= 0.6 is 0 Å². The van der Waals surface area contributed by atoms with Crippen molar-refractivity contribution in [1.82, 2.24) is 15.6 Å². The van der Waals surface area contributed by atoms with Gasteiger partial charge in [-0.2, -0.15) is 0 Å². The minimum absolute atomic E-state index is 0.254. The largest absolute Gasteiger partial charge is 0.384 e. The minimum Gasteiger partial charge on any atom is -0.384 e. The molecule has 1 aromatic heterocycles. The van der Waals surface area contributed by atoms with Crippen molar-refractivity contribution in [2.45, 2.75) is 13.0 Å². The molecule has 4 N–H and O–H groups in total. The van der Waals surface area contributed by atoms with E-state index in [0.717, 1.165) is 0 Å². The molecule has 7 nitrogen and oxygen atoms in total. The molecule has 2 amide bonds. The molecule has 0 aromatic carbocycles. The van der Waals surface area contributed by atoms with Crippen molar-refractivity contribution in [1.29, 1.82) is 0 Å². The number of hydrogen-bond donors (Lipinski definition) is 3. The maximum absolute atomic E-state index is 11.8. The summed E-state index contributed by atoms with van der Waals surface area (Å²) >= 11 is 0. The van der Waals surface area contributed by atoms with Crippen LogP contribution in [0.15, 0.2) is 18.3 Å². The Kier molecular flexibility index (Phi) is 5.74. The van der Waals surface area contributed by atoms with E-state index in [1.807, 2.05) is 0 Å². The van der Waals surface area contributed by atoms with Gasteiger partial charge in [0.2, 0.25) is 5.91 Å². The van der Waals surface area contributed by atoms with Crippen molar-refractivity contribution in [2.24, 2.45) is 0 Å². The molecule has 0 bridgehead atoms. The maximum Gasteiger partial charge on any atom is 0.252 e. The highest BCUT2D eigenvalue weighted by molar-refractivity contribution is 5.97. The van der Waals surface area contributed by atoms with Crippen LogP contribution in [0.3, 0.4) is 0 Å². The maximum atomic E-state index is 11.8. The number of nitrogens with two attached hydrogens (primary N) is 1. The predicted octanol–water partition coefficient (Wildman–Crippen LogP) is -0.455. The average molecular weight is 266 g/mol. The first-order valence-corrected chi connectivity index (χ1v) is 5.83. The summed E-state index contributed by atoms with van der Waals surface area (Å²) in [6.07, 6.45) is 1.44. The zero-order valence-electron chi connectivity index (χ0n) is 11.0. The van der Waals surface area contributed by atoms with E-state index in [9.17, 15) is 9.59 Å². The molecule has 1 atom stereocenters. The number of pyridine rings is 1. The van der Waals surface area contributed by atoms with Crippen molar-refractivity contribution < 1.29 is 14.3 Å². The van der Waals surface area contributed by atoms with Gasteiger partial charge in [0.25, 0.3) is 5.91 Å². The summed E-state index contributed by atoms with van der Waals surface area (Å²) in [6.45, 7) is 2.43. The Balaban J connectivity index is 2.49.